The standard InChI is InChI=1S/C16H15Cl2NO4/c17-11-3-1-4-12(9-11)22-10-13-6-7-14(23-13)16(21)19-8-2-5-15(18)20/h1,3-4,6-7,9H,2,5,8,10H2,(H,19,21). The fraction of sp³-hybridized carbons (Fsp3) is 0.250. The van der Waals surface area contributed by atoms with Crippen molar-refractivity contribution in [1.29, 1.82) is 0 Å². The van der Waals surface area contributed by atoms with Crippen LogP contribution < -0.4 is 10.1 Å². The topological polar surface area (TPSA) is 68.5 Å². The van der Waals surface area contributed by atoms with E-state index in [0.29, 0.717) is 29.5 Å². The Hall–Kier alpha value is -1.98. The first-order chi connectivity index (χ1) is 11.0. The Morgan fingerprint density at radius 1 is 1.22 bits per heavy atom. The summed E-state index contributed by atoms with van der Waals surface area (Å²) in [6.45, 7) is 0.542. The van der Waals surface area contributed by atoms with E-state index in [1.54, 1.807) is 36.4 Å². The van der Waals surface area contributed by atoms with Gasteiger partial charge in [0.15, 0.2) is 5.76 Å². The Kier molecular flexibility index (Phi) is 6.50. The van der Waals surface area contributed by atoms with Gasteiger partial charge in [-0.25, -0.2) is 0 Å². The van der Waals surface area contributed by atoms with Gasteiger partial charge in [0.05, 0.1) is 0 Å². The number of carbonyl (C=O) groups excluding carboxylic acids is 2. The van der Waals surface area contributed by atoms with Crippen molar-refractivity contribution in [3.8, 4) is 5.75 Å². The van der Waals surface area contributed by atoms with Crippen molar-refractivity contribution in [3.05, 3.63) is 52.9 Å². The second kappa shape index (κ2) is 8.60. The predicted octanol–water partition coefficient (Wildman–Crippen LogP) is 3.79. The highest BCUT2D eigenvalue weighted by Crippen LogP contribution is 2.19. The summed E-state index contributed by atoms with van der Waals surface area (Å²) in [6.07, 6.45) is 0.707. The van der Waals surface area contributed by atoms with E-state index in [4.69, 9.17) is 32.4 Å². The minimum Gasteiger partial charge on any atom is -0.486 e. The van der Waals surface area contributed by atoms with Crippen molar-refractivity contribution >= 4 is 34.4 Å². The quantitative estimate of drug-likeness (QED) is 0.577. The third-order valence-electron chi connectivity index (χ3n) is 2.90. The molecule has 1 aromatic carbocycles. The van der Waals surface area contributed by atoms with Gasteiger partial charge in [-0.05, 0) is 48.4 Å². The summed E-state index contributed by atoms with van der Waals surface area (Å²) >= 11 is 11.1. The van der Waals surface area contributed by atoms with Gasteiger partial charge in [-0.15, -0.1) is 0 Å². The first-order valence-corrected chi connectivity index (χ1v) is 7.74. The zero-order valence-electron chi connectivity index (χ0n) is 12.2. The third-order valence-corrected chi connectivity index (χ3v) is 3.32. The molecule has 0 atom stereocenters. The highest BCUT2D eigenvalue weighted by Gasteiger charge is 2.11. The Morgan fingerprint density at radius 3 is 2.78 bits per heavy atom. The number of halogens is 2. The molecule has 0 radical (unpaired) electrons. The average Bonchev–Trinajstić information content (AvgIpc) is 2.98. The lowest BCUT2D eigenvalue weighted by Gasteiger charge is -2.04. The van der Waals surface area contributed by atoms with E-state index >= 15 is 0 Å². The highest BCUT2D eigenvalue weighted by molar-refractivity contribution is 6.63. The first kappa shape index (κ1) is 17.4. The van der Waals surface area contributed by atoms with Gasteiger partial charge in [0.1, 0.15) is 18.1 Å². The summed E-state index contributed by atoms with van der Waals surface area (Å²) in [5, 5.41) is 2.81. The van der Waals surface area contributed by atoms with Crippen molar-refractivity contribution in [2.45, 2.75) is 19.4 Å². The monoisotopic (exact) mass is 355 g/mol. The van der Waals surface area contributed by atoms with Gasteiger partial charge in [-0.3, -0.25) is 9.59 Å². The van der Waals surface area contributed by atoms with Crippen LogP contribution in [0.15, 0.2) is 40.8 Å². The van der Waals surface area contributed by atoms with Crippen LogP contribution in [0.25, 0.3) is 0 Å². The van der Waals surface area contributed by atoms with Crippen LogP contribution in [0.2, 0.25) is 5.02 Å². The van der Waals surface area contributed by atoms with Crippen LogP contribution in [0.3, 0.4) is 0 Å². The van der Waals surface area contributed by atoms with E-state index in [9.17, 15) is 9.59 Å². The van der Waals surface area contributed by atoms with Crippen molar-refractivity contribution in [2.75, 3.05) is 6.54 Å². The Labute approximate surface area is 143 Å². The van der Waals surface area contributed by atoms with E-state index in [2.05, 4.69) is 5.32 Å². The fourth-order valence-corrected chi connectivity index (χ4v) is 2.12. The molecule has 0 saturated heterocycles. The van der Waals surface area contributed by atoms with E-state index in [1.165, 1.54) is 0 Å². The number of nitrogens with one attached hydrogen (secondary N) is 1. The molecule has 1 N–H and O–H groups in total. The van der Waals surface area contributed by atoms with E-state index in [1.807, 2.05) is 0 Å². The third kappa shape index (κ3) is 5.96. The van der Waals surface area contributed by atoms with Crippen LogP contribution in [0.1, 0.15) is 29.2 Å². The number of hydrogen-bond donors (Lipinski definition) is 1. The molecule has 5 nitrogen and oxygen atoms in total. The van der Waals surface area contributed by atoms with Crippen molar-refractivity contribution < 1.29 is 18.7 Å². The molecule has 0 fully saturated rings. The molecule has 0 aliphatic heterocycles. The summed E-state index contributed by atoms with van der Waals surface area (Å²) in [6, 6.07) is 10.2. The molecule has 7 heteroatoms. The number of ether oxygens (including phenoxy) is 1. The maximum Gasteiger partial charge on any atom is 0.286 e. The fourth-order valence-electron chi connectivity index (χ4n) is 1.81. The van der Waals surface area contributed by atoms with Gasteiger partial charge < -0.3 is 14.5 Å². The molecule has 1 heterocycles. The molecule has 2 rings (SSSR count). The minimum atomic E-state index is -0.419. The number of furan rings is 1. The predicted molar refractivity (Wildman–Crippen MR) is 86.9 cm³/mol. The molecular formula is C16H15Cl2NO4. The molecule has 0 saturated carbocycles. The van der Waals surface area contributed by atoms with Crippen LogP contribution in [-0.2, 0) is 11.4 Å². The number of carbonyl (C=O) groups is 2. The molecule has 0 aliphatic carbocycles. The number of amides is 1. The highest BCUT2D eigenvalue weighted by atomic mass is 35.5. The Balaban J connectivity index is 1.80. The van der Waals surface area contributed by atoms with Gasteiger partial charge in [-0.2, -0.15) is 0 Å². The van der Waals surface area contributed by atoms with Crippen LogP contribution >= 0.6 is 23.2 Å². The molecule has 2 aromatic rings. The van der Waals surface area contributed by atoms with Gasteiger partial charge in [0, 0.05) is 18.0 Å². The molecule has 23 heavy (non-hydrogen) atoms. The lowest BCUT2D eigenvalue weighted by molar-refractivity contribution is -0.111. The van der Waals surface area contributed by atoms with Gasteiger partial charge >= 0.3 is 0 Å². The van der Waals surface area contributed by atoms with Gasteiger partial charge in [0.25, 0.3) is 5.91 Å². The normalized spacial score (nSPS) is 10.3. The summed E-state index contributed by atoms with van der Waals surface area (Å²) in [5.41, 5.74) is 0. The summed E-state index contributed by atoms with van der Waals surface area (Å²) < 4.78 is 10.9. The maximum absolute atomic E-state index is 11.8. The van der Waals surface area contributed by atoms with Crippen molar-refractivity contribution in [2.24, 2.45) is 0 Å². The van der Waals surface area contributed by atoms with Crippen LogP contribution in [0.4, 0.5) is 0 Å². The van der Waals surface area contributed by atoms with Crippen LogP contribution in [-0.4, -0.2) is 17.7 Å². The summed E-state index contributed by atoms with van der Waals surface area (Å²) in [5.74, 6) is 0.977. The average molecular weight is 356 g/mol. The molecule has 1 amide bonds. The minimum absolute atomic E-state index is 0.187. The SMILES string of the molecule is O=C(Cl)CCCNC(=O)c1ccc(COc2cccc(Cl)c2)o1. The van der Waals surface area contributed by atoms with E-state index < -0.39 is 5.24 Å². The largest absolute Gasteiger partial charge is 0.486 e. The zero-order valence-corrected chi connectivity index (χ0v) is 13.7. The number of benzene rings is 1. The number of hydrogen-bond acceptors (Lipinski definition) is 4. The van der Waals surface area contributed by atoms with Gasteiger partial charge in [-0.1, -0.05) is 17.7 Å². The van der Waals surface area contributed by atoms with Crippen molar-refractivity contribution in [3.63, 3.8) is 0 Å². The lowest BCUT2D eigenvalue weighted by atomic mass is 10.3. The van der Waals surface area contributed by atoms with E-state index in [-0.39, 0.29) is 24.7 Å². The maximum atomic E-state index is 11.8. The number of rotatable bonds is 8. The Morgan fingerprint density at radius 2 is 2.04 bits per heavy atom. The second-order valence-corrected chi connectivity index (χ2v) is 5.58. The molecule has 0 aliphatic rings. The second-order valence-electron chi connectivity index (χ2n) is 4.73. The lowest BCUT2D eigenvalue weighted by Crippen LogP contribution is -2.24. The van der Waals surface area contributed by atoms with Crippen molar-refractivity contribution in [1.82, 2.24) is 5.32 Å². The Bertz CT molecular complexity index is 684. The first-order valence-electron chi connectivity index (χ1n) is 6.98. The van der Waals surface area contributed by atoms with Gasteiger partial charge in [0.2, 0.25) is 5.24 Å². The van der Waals surface area contributed by atoms with Crippen LogP contribution in [0.5, 0.6) is 5.75 Å². The smallest absolute Gasteiger partial charge is 0.286 e. The molecular weight excluding hydrogens is 341 g/mol. The summed E-state index contributed by atoms with van der Waals surface area (Å²) in [7, 11) is 0. The molecule has 0 spiro atoms. The molecule has 122 valence electrons. The zero-order chi connectivity index (χ0) is 16.7. The molecule has 0 unspecified atom stereocenters. The van der Waals surface area contributed by atoms with E-state index in [0.717, 1.165) is 0 Å². The summed E-state index contributed by atoms with van der Waals surface area (Å²) in [4.78, 5) is 22.4. The molecule has 1 aromatic heterocycles. The van der Waals surface area contributed by atoms with Crippen LogP contribution in [0, 0.1) is 0 Å². The molecule has 0 bridgehead atoms.